The molecule has 2 N–H and O–H groups in total. The minimum absolute atomic E-state index is 0.541. The van der Waals surface area contributed by atoms with Crippen molar-refractivity contribution in [3.63, 3.8) is 0 Å². The third-order valence-electron chi connectivity index (χ3n) is 3.52. The van der Waals surface area contributed by atoms with E-state index in [2.05, 4.69) is 15.6 Å². The largest absolute Gasteiger partial charge is 0.494 e. The lowest BCUT2D eigenvalue weighted by atomic mass is 10.2. The smallest absolute Gasteiger partial charge is 0.191 e. The van der Waals surface area contributed by atoms with Crippen molar-refractivity contribution in [1.82, 2.24) is 10.6 Å². The highest BCUT2D eigenvalue weighted by molar-refractivity contribution is 5.79. The number of furan rings is 1. The number of ether oxygens (including phenoxy) is 2. The first-order valence-corrected chi connectivity index (χ1v) is 8.57. The first kappa shape index (κ1) is 18.9. The summed E-state index contributed by atoms with van der Waals surface area (Å²) < 4.78 is 16.1. The Morgan fingerprint density at radius 1 is 1.12 bits per heavy atom. The summed E-state index contributed by atoms with van der Waals surface area (Å²) in [4.78, 5) is 4.66. The van der Waals surface area contributed by atoms with E-state index in [4.69, 9.17) is 13.9 Å². The Balaban J connectivity index is 1.94. The van der Waals surface area contributed by atoms with E-state index in [1.807, 2.05) is 43.3 Å². The average molecular weight is 345 g/mol. The summed E-state index contributed by atoms with van der Waals surface area (Å²) in [6, 6.07) is 11.8. The van der Waals surface area contributed by atoms with Crippen LogP contribution < -0.4 is 15.4 Å². The monoisotopic (exact) mass is 345 g/mol. The standard InChI is InChI=1S/C19H27N3O3/c1-3-24-18-9-5-4-7-16(18)15-22-19(21-12-14-23-2)20-11-10-17-8-6-13-25-17/h4-9,13H,3,10-12,14-15H2,1-2H3,(H2,20,21,22). The molecule has 6 nitrogen and oxygen atoms in total. The first-order valence-electron chi connectivity index (χ1n) is 8.57. The van der Waals surface area contributed by atoms with E-state index in [0.717, 1.165) is 36.0 Å². The Kier molecular flexibility index (Phi) is 8.41. The van der Waals surface area contributed by atoms with Crippen molar-refractivity contribution in [3.8, 4) is 5.75 Å². The van der Waals surface area contributed by atoms with Crippen LogP contribution in [0.1, 0.15) is 18.2 Å². The van der Waals surface area contributed by atoms with E-state index < -0.39 is 0 Å². The number of rotatable bonds is 10. The van der Waals surface area contributed by atoms with E-state index in [-0.39, 0.29) is 0 Å². The number of nitrogens with one attached hydrogen (secondary N) is 2. The zero-order valence-corrected chi connectivity index (χ0v) is 15.0. The number of aliphatic imine (C=N–C) groups is 1. The molecule has 0 unspecified atom stereocenters. The summed E-state index contributed by atoms with van der Waals surface area (Å²) >= 11 is 0. The summed E-state index contributed by atoms with van der Waals surface area (Å²) in [6.07, 6.45) is 2.49. The molecule has 0 aliphatic rings. The minimum atomic E-state index is 0.541. The van der Waals surface area contributed by atoms with Crippen molar-refractivity contribution >= 4 is 5.96 Å². The lowest BCUT2D eigenvalue weighted by Gasteiger charge is -2.13. The lowest BCUT2D eigenvalue weighted by Crippen LogP contribution is -2.40. The van der Waals surface area contributed by atoms with E-state index in [1.165, 1.54) is 0 Å². The maximum absolute atomic E-state index is 5.66. The van der Waals surface area contributed by atoms with Gasteiger partial charge in [0.05, 0.1) is 26.0 Å². The summed E-state index contributed by atoms with van der Waals surface area (Å²) in [7, 11) is 1.68. The zero-order chi connectivity index (χ0) is 17.7. The number of nitrogens with zero attached hydrogens (tertiary/aromatic N) is 1. The fourth-order valence-corrected chi connectivity index (χ4v) is 2.30. The number of hydrogen-bond acceptors (Lipinski definition) is 4. The van der Waals surface area contributed by atoms with Gasteiger partial charge in [-0.05, 0) is 25.1 Å². The summed E-state index contributed by atoms with van der Waals surface area (Å²) in [5, 5.41) is 6.59. The van der Waals surface area contributed by atoms with E-state index in [0.29, 0.717) is 26.3 Å². The van der Waals surface area contributed by atoms with Crippen LogP contribution in [0.4, 0.5) is 0 Å². The van der Waals surface area contributed by atoms with Crippen LogP contribution in [0.25, 0.3) is 0 Å². The average Bonchev–Trinajstić information content (AvgIpc) is 3.14. The van der Waals surface area contributed by atoms with Crippen LogP contribution in [-0.4, -0.2) is 39.4 Å². The molecule has 2 rings (SSSR count). The van der Waals surface area contributed by atoms with Crippen LogP contribution in [0.5, 0.6) is 5.75 Å². The van der Waals surface area contributed by atoms with Crippen molar-refractivity contribution in [1.29, 1.82) is 0 Å². The second-order valence-corrected chi connectivity index (χ2v) is 5.38. The van der Waals surface area contributed by atoms with Crippen molar-refractivity contribution in [2.75, 3.05) is 33.4 Å². The molecule has 1 heterocycles. The van der Waals surface area contributed by atoms with Gasteiger partial charge in [-0.25, -0.2) is 4.99 Å². The van der Waals surface area contributed by atoms with Gasteiger partial charge in [0.2, 0.25) is 0 Å². The molecule has 0 atom stereocenters. The highest BCUT2D eigenvalue weighted by Gasteiger charge is 2.04. The lowest BCUT2D eigenvalue weighted by molar-refractivity contribution is 0.203. The second kappa shape index (κ2) is 11.1. The van der Waals surface area contributed by atoms with Gasteiger partial charge >= 0.3 is 0 Å². The molecule has 0 aliphatic carbocycles. The van der Waals surface area contributed by atoms with Crippen LogP contribution >= 0.6 is 0 Å². The highest BCUT2D eigenvalue weighted by Crippen LogP contribution is 2.18. The third kappa shape index (κ3) is 6.89. The van der Waals surface area contributed by atoms with Crippen LogP contribution in [0.3, 0.4) is 0 Å². The van der Waals surface area contributed by atoms with E-state index in [9.17, 15) is 0 Å². The maximum Gasteiger partial charge on any atom is 0.191 e. The number of para-hydroxylation sites is 1. The fourth-order valence-electron chi connectivity index (χ4n) is 2.30. The molecule has 0 fully saturated rings. The predicted molar refractivity (Wildman–Crippen MR) is 99.0 cm³/mol. The first-order chi connectivity index (χ1) is 12.3. The molecule has 0 radical (unpaired) electrons. The van der Waals surface area contributed by atoms with Gasteiger partial charge in [-0.1, -0.05) is 18.2 Å². The van der Waals surface area contributed by atoms with Gasteiger partial charge in [0.25, 0.3) is 0 Å². The van der Waals surface area contributed by atoms with Crippen LogP contribution in [-0.2, 0) is 17.7 Å². The number of methoxy groups -OCH3 is 1. The molecule has 0 spiro atoms. The van der Waals surface area contributed by atoms with Crippen LogP contribution in [0, 0.1) is 0 Å². The Labute approximate surface area is 149 Å². The van der Waals surface area contributed by atoms with Crippen LogP contribution in [0.15, 0.2) is 52.1 Å². The molecule has 136 valence electrons. The van der Waals surface area contributed by atoms with Gasteiger partial charge in [0, 0.05) is 32.2 Å². The van der Waals surface area contributed by atoms with Gasteiger partial charge in [0.15, 0.2) is 5.96 Å². The van der Waals surface area contributed by atoms with Crippen molar-refractivity contribution in [3.05, 3.63) is 54.0 Å². The molecule has 25 heavy (non-hydrogen) atoms. The number of benzene rings is 1. The van der Waals surface area contributed by atoms with Crippen molar-refractivity contribution in [2.24, 2.45) is 4.99 Å². The fraction of sp³-hybridized carbons (Fsp3) is 0.421. The molecule has 0 saturated carbocycles. The molecule has 2 aromatic rings. The summed E-state index contributed by atoms with van der Waals surface area (Å²) in [5.74, 6) is 2.57. The van der Waals surface area contributed by atoms with Gasteiger partial charge in [0.1, 0.15) is 11.5 Å². The Morgan fingerprint density at radius 2 is 1.96 bits per heavy atom. The molecule has 1 aromatic heterocycles. The third-order valence-corrected chi connectivity index (χ3v) is 3.52. The Bertz CT molecular complexity index is 627. The number of hydrogen-bond donors (Lipinski definition) is 2. The summed E-state index contributed by atoms with van der Waals surface area (Å²) in [6.45, 7) is 5.21. The van der Waals surface area contributed by atoms with Gasteiger partial charge < -0.3 is 24.5 Å². The minimum Gasteiger partial charge on any atom is -0.494 e. The SMILES string of the molecule is CCOc1ccccc1CN=C(NCCOC)NCCc1ccco1. The Morgan fingerprint density at radius 3 is 2.72 bits per heavy atom. The molecule has 6 heteroatoms. The van der Waals surface area contributed by atoms with Gasteiger partial charge in [-0.2, -0.15) is 0 Å². The van der Waals surface area contributed by atoms with E-state index in [1.54, 1.807) is 13.4 Å². The molecule has 1 aromatic carbocycles. The van der Waals surface area contributed by atoms with Gasteiger partial charge in [-0.15, -0.1) is 0 Å². The molecular formula is C19H27N3O3. The predicted octanol–water partition coefficient (Wildman–Crippen LogP) is 2.60. The van der Waals surface area contributed by atoms with E-state index >= 15 is 0 Å². The van der Waals surface area contributed by atoms with Crippen molar-refractivity contribution in [2.45, 2.75) is 19.9 Å². The molecule has 0 bridgehead atoms. The normalized spacial score (nSPS) is 11.4. The number of guanidine groups is 1. The highest BCUT2D eigenvalue weighted by atomic mass is 16.5. The topological polar surface area (TPSA) is 68.0 Å². The molecular weight excluding hydrogens is 318 g/mol. The maximum atomic E-state index is 5.66. The van der Waals surface area contributed by atoms with Crippen LogP contribution in [0.2, 0.25) is 0 Å². The molecule has 0 saturated heterocycles. The molecule has 0 aliphatic heterocycles. The quantitative estimate of drug-likeness (QED) is 0.394. The Hall–Kier alpha value is -2.47. The second-order valence-electron chi connectivity index (χ2n) is 5.38. The zero-order valence-electron chi connectivity index (χ0n) is 15.0. The van der Waals surface area contributed by atoms with Gasteiger partial charge in [-0.3, -0.25) is 0 Å². The summed E-state index contributed by atoms with van der Waals surface area (Å²) in [5.41, 5.74) is 1.06. The molecule has 0 amide bonds. The van der Waals surface area contributed by atoms with Crippen molar-refractivity contribution < 1.29 is 13.9 Å².